The van der Waals surface area contributed by atoms with Gasteiger partial charge in [0, 0.05) is 6.20 Å². The molecule has 3 unspecified atom stereocenters. The van der Waals surface area contributed by atoms with Crippen LogP contribution in [0.15, 0.2) is 11.0 Å². The van der Waals surface area contributed by atoms with E-state index in [1.54, 1.807) is 0 Å². The van der Waals surface area contributed by atoms with Crippen molar-refractivity contribution in [3.05, 3.63) is 26.9 Å². The van der Waals surface area contributed by atoms with E-state index in [-0.39, 0.29) is 16.8 Å². The number of aromatic nitrogens is 2. The van der Waals surface area contributed by atoms with Gasteiger partial charge >= 0.3 is 5.97 Å². The van der Waals surface area contributed by atoms with E-state index >= 15 is 0 Å². The summed E-state index contributed by atoms with van der Waals surface area (Å²) >= 11 is 5.02. The highest BCUT2D eigenvalue weighted by Gasteiger charge is 2.41. The van der Waals surface area contributed by atoms with E-state index in [4.69, 9.17) is 30.5 Å². The molecule has 1 aromatic rings. The van der Waals surface area contributed by atoms with Crippen molar-refractivity contribution < 1.29 is 24.2 Å². The fourth-order valence-corrected chi connectivity index (χ4v) is 2.48. The van der Waals surface area contributed by atoms with E-state index in [1.165, 1.54) is 17.2 Å². The van der Waals surface area contributed by atoms with Crippen LogP contribution in [0.2, 0.25) is 0 Å². The van der Waals surface area contributed by atoms with Gasteiger partial charge < -0.3 is 20.3 Å². The SMILES string of the molecule is CCC.[B]C(O)(OC(=O)CN)C1CCC(n2cc(C=O)c(=O)[nH]c2=S)O1. The number of ether oxygens (including phenoxy) is 2. The number of carbonyl (C=O) groups excluding carboxylic acids is 2. The fraction of sp³-hybridized carbons (Fsp3) is 0.600. The van der Waals surface area contributed by atoms with Crippen molar-refractivity contribution in [1.82, 2.24) is 9.55 Å². The van der Waals surface area contributed by atoms with Crippen LogP contribution in [-0.4, -0.2) is 53.1 Å². The molecular weight excluding hydrogens is 361 g/mol. The van der Waals surface area contributed by atoms with E-state index in [1.807, 2.05) is 0 Å². The minimum atomic E-state index is -2.34. The third kappa shape index (κ3) is 5.59. The summed E-state index contributed by atoms with van der Waals surface area (Å²) in [4.78, 5) is 35.8. The highest BCUT2D eigenvalue weighted by atomic mass is 32.1. The van der Waals surface area contributed by atoms with Gasteiger partial charge in [0.25, 0.3) is 5.56 Å². The van der Waals surface area contributed by atoms with Crippen molar-refractivity contribution in [3.63, 3.8) is 0 Å². The Morgan fingerprint density at radius 2 is 2.23 bits per heavy atom. The van der Waals surface area contributed by atoms with Crippen LogP contribution >= 0.6 is 12.2 Å². The Kier molecular flexibility index (Phi) is 8.35. The maximum absolute atomic E-state index is 11.5. The molecule has 1 aliphatic heterocycles. The number of rotatable bonds is 5. The molecular formula is C15H22BN3O6S. The topological polar surface area (TPSA) is 137 Å². The summed E-state index contributed by atoms with van der Waals surface area (Å²) in [6, 6.07) is 0. The minimum absolute atomic E-state index is 0.0470. The maximum Gasteiger partial charge on any atom is 0.321 e. The van der Waals surface area contributed by atoms with Crippen LogP contribution in [0.4, 0.5) is 0 Å². The van der Waals surface area contributed by atoms with Crippen LogP contribution in [-0.2, 0) is 14.3 Å². The zero-order chi connectivity index (χ0) is 19.9. The van der Waals surface area contributed by atoms with Crippen molar-refractivity contribution in [2.75, 3.05) is 6.54 Å². The largest absolute Gasteiger partial charge is 0.440 e. The van der Waals surface area contributed by atoms with Gasteiger partial charge in [0.1, 0.15) is 12.3 Å². The van der Waals surface area contributed by atoms with Crippen molar-refractivity contribution in [3.8, 4) is 0 Å². The number of nitrogens with zero attached hydrogens (tertiary/aromatic N) is 1. The number of hydrogen-bond acceptors (Lipinski definition) is 8. The standard InChI is InChI=1S/C12H14BN3O6S.C3H8/c13-12(20,22-9(18)3-14)7-1-2-8(21-7)16-4-6(5-17)10(19)15-11(16)23;1-3-2/h4-5,7-8,20H,1-3,14H2,(H,15,19,23);3H2,1-2H3. The quantitative estimate of drug-likeness (QED) is 0.215. The number of carbonyl (C=O) groups is 2. The molecule has 1 aromatic heterocycles. The molecule has 142 valence electrons. The number of H-pyrrole nitrogens is 1. The Balaban J connectivity index is 0.00000105. The Hall–Kier alpha value is -1.82. The lowest BCUT2D eigenvalue weighted by Crippen LogP contribution is -2.48. The lowest BCUT2D eigenvalue weighted by Gasteiger charge is -2.30. The van der Waals surface area contributed by atoms with Crippen molar-refractivity contribution >= 4 is 32.3 Å². The summed E-state index contributed by atoms with van der Waals surface area (Å²) in [6.07, 6.45) is 1.81. The molecule has 0 spiro atoms. The zero-order valence-corrected chi connectivity index (χ0v) is 15.5. The lowest BCUT2D eigenvalue weighted by atomic mass is 9.87. The number of aldehydes is 1. The van der Waals surface area contributed by atoms with Crippen LogP contribution in [0.25, 0.3) is 0 Å². The second-order valence-corrected chi connectivity index (χ2v) is 6.05. The molecule has 0 bridgehead atoms. The van der Waals surface area contributed by atoms with Gasteiger partial charge in [-0.25, -0.2) is 0 Å². The van der Waals surface area contributed by atoms with Gasteiger partial charge in [-0.15, -0.1) is 0 Å². The summed E-state index contributed by atoms with van der Waals surface area (Å²) in [6.45, 7) is 3.81. The first-order valence-corrected chi connectivity index (χ1v) is 8.50. The highest BCUT2D eigenvalue weighted by molar-refractivity contribution is 7.71. The highest BCUT2D eigenvalue weighted by Crippen LogP contribution is 2.33. The summed E-state index contributed by atoms with van der Waals surface area (Å²) < 4.78 is 11.6. The second kappa shape index (κ2) is 9.76. The molecule has 9 nitrogen and oxygen atoms in total. The minimum Gasteiger partial charge on any atom is -0.440 e. The van der Waals surface area contributed by atoms with E-state index in [2.05, 4.69) is 23.6 Å². The molecule has 2 radical (unpaired) electrons. The summed E-state index contributed by atoms with van der Waals surface area (Å²) in [7, 11) is 5.54. The van der Waals surface area contributed by atoms with E-state index in [0.717, 1.165) is 0 Å². The van der Waals surface area contributed by atoms with Crippen molar-refractivity contribution in [2.45, 2.75) is 51.1 Å². The molecule has 2 heterocycles. The Labute approximate surface area is 156 Å². The molecule has 0 amide bonds. The molecule has 0 aromatic carbocycles. The summed E-state index contributed by atoms with van der Waals surface area (Å²) in [5.41, 5.74) is 2.02. The number of aromatic amines is 1. The molecule has 11 heteroatoms. The normalized spacial score (nSPS) is 21.2. The van der Waals surface area contributed by atoms with Gasteiger partial charge in [-0.3, -0.25) is 23.9 Å². The first-order valence-electron chi connectivity index (χ1n) is 8.09. The molecule has 1 aliphatic rings. The number of nitrogens with one attached hydrogen (secondary N) is 1. The molecule has 26 heavy (non-hydrogen) atoms. The van der Waals surface area contributed by atoms with Gasteiger partial charge in [0.2, 0.25) is 0 Å². The number of nitrogens with two attached hydrogens (primary N) is 1. The Morgan fingerprint density at radius 1 is 1.62 bits per heavy atom. The molecule has 1 fully saturated rings. The maximum atomic E-state index is 11.5. The first-order chi connectivity index (χ1) is 12.2. The van der Waals surface area contributed by atoms with Crippen LogP contribution in [0.3, 0.4) is 0 Å². The third-order valence-corrected chi connectivity index (χ3v) is 3.65. The predicted octanol–water partition coefficient (Wildman–Crippen LogP) is 0.129. The molecule has 3 atom stereocenters. The summed E-state index contributed by atoms with van der Waals surface area (Å²) in [5.74, 6) is -0.883. The molecule has 1 saturated heterocycles. The smallest absolute Gasteiger partial charge is 0.321 e. The zero-order valence-electron chi connectivity index (χ0n) is 14.6. The molecule has 0 aliphatic carbocycles. The molecule has 4 N–H and O–H groups in total. The van der Waals surface area contributed by atoms with Gasteiger partial charge in [0.15, 0.2) is 24.6 Å². The lowest BCUT2D eigenvalue weighted by molar-refractivity contribution is -0.214. The Morgan fingerprint density at radius 3 is 2.77 bits per heavy atom. The van der Waals surface area contributed by atoms with Gasteiger partial charge in [-0.05, 0) is 25.1 Å². The Bertz CT molecular complexity index is 748. The summed E-state index contributed by atoms with van der Waals surface area (Å²) in [5, 5.41) is 10.00. The number of aliphatic hydroxyl groups is 1. The van der Waals surface area contributed by atoms with Crippen LogP contribution in [0.5, 0.6) is 0 Å². The average molecular weight is 383 g/mol. The van der Waals surface area contributed by atoms with Crippen LogP contribution in [0, 0.1) is 4.77 Å². The fourth-order valence-electron chi connectivity index (χ4n) is 2.22. The van der Waals surface area contributed by atoms with Crippen LogP contribution in [0.1, 0.15) is 49.7 Å². The van der Waals surface area contributed by atoms with Gasteiger partial charge in [-0.2, -0.15) is 0 Å². The third-order valence-electron chi connectivity index (χ3n) is 3.34. The van der Waals surface area contributed by atoms with Crippen LogP contribution < -0.4 is 11.3 Å². The number of hydrogen-bond donors (Lipinski definition) is 3. The van der Waals surface area contributed by atoms with E-state index in [9.17, 15) is 19.5 Å². The van der Waals surface area contributed by atoms with E-state index < -0.39 is 36.1 Å². The number of esters is 1. The van der Waals surface area contributed by atoms with Crippen molar-refractivity contribution in [1.29, 1.82) is 0 Å². The molecule has 0 saturated carbocycles. The monoisotopic (exact) mass is 383 g/mol. The van der Waals surface area contributed by atoms with Gasteiger partial charge in [-0.1, -0.05) is 20.3 Å². The first kappa shape index (κ1) is 22.2. The van der Waals surface area contributed by atoms with Crippen molar-refractivity contribution in [2.24, 2.45) is 5.73 Å². The predicted molar refractivity (Wildman–Crippen MR) is 96.2 cm³/mol. The molecule has 2 rings (SSSR count). The second-order valence-electron chi connectivity index (χ2n) is 5.66. The average Bonchev–Trinajstić information content (AvgIpc) is 3.06. The van der Waals surface area contributed by atoms with E-state index in [0.29, 0.717) is 12.7 Å². The van der Waals surface area contributed by atoms with Gasteiger partial charge in [0.05, 0.1) is 12.1 Å².